The van der Waals surface area contributed by atoms with Gasteiger partial charge in [0.05, 0.1) is 7.11 Å². The van der Waals surface area contributed by atoms with Gasteiger partial charge in [-0.15, -0.1) is 24.0 Å². The highest BCUT2D eigenvalue weighted by Crippen LogP contribution is 2.25. The van der Waals surface area contributed by atoms with Crippen LogP contribution >= 0.6 is 24.0 Å². The minimum absolute atomic E-state index is 0. The van der Waals surface area contributed by atoms with E-state index in [4.69, 9.17) is 4.74 Å². The van der Waals surface area contributed by atoms with Crippen LogP contribution in [0.5, 0.6) is 11.5 Å². The molecule has 0 aliphatic heterocycles. The number of benzene rings is 1. The number of rotatable bonds is 7. The Morgan fingerprint density at radius 3 is 2.54 bits per heavy atom. The number of nitrogens with zero attached hydrogens (tertiary/aromatic N) is 2. The Labute approximate surface area is 168 Å². The summed E-state index contributed by atoms with van der Waals surface area (Å²) in [6, 6.07) is 6.68. The number of aliphatic imine (C=N–C) groups is 1. The van der Waals surface area contributed by atoms with E-state index < -0.39 is 6.61 Å². The van der Waals surface area contributed by atoms with Gasteiger partial charge in [0, 0.05) is 45.1 Å². The number of halogens is 3. The van der Waals surface area contributed by atoms with Crippen LogP contribution in [0.15, 0.2) is 41.7 Å². The molecule has 2 aromatic rings. The average Bonchev–Trinajstić information content (AvgIpc) is 3.01. The summed E-state index contributed by atoms with van der Waals surface area (Å²) in [4.78, 5) is 4.13. The average molecular weight is 480 g/mol. The summed E-state index contributed by atoms with van der Waals surface area (Å²) in [5, 5.41) is 6.24. The molecule has 0 aliphatic rings. The van der Waals surface area contributed by atoms with Crippen molar-refractivity contribution in [3.05, 3.63) is 47.8 Å². The van der Waals surface area contributed by atoms with Gasteiger partial charge in [0.25, 0.3) is 0 Å². The largest absolute Gasteiger partial charge is 0.497 e. The fourth-order valence-corrected chi connectivity index (χ4v) is 2.28. The standard InChI is InChI=1S/C17H22F2N4O2.HI/c1-20-17(21-9-12-6-7-23(2)11-12)22-10-13-8-14(24-3)4-5-15(13)25-16(18)19;/h4-8,11,16H,9-10H2,1-3H3,(H2,20,21,22);1H. The van der Waals surface area contributed by atoms with Gasteiger partial charge in [0.2, 0.25) is 0 Å². The van der Waals surface area contributed by atoms with E-state index in [-0.39, 0.29) is 36.3 Å². The van der Waals surface area contributed by atoms with Crippen molar-refractivity contribution in [2.24, 2.45) is 12.0 Å². The van der Waals surface area contributed by atoms with Crippen molar-refractivity contribution in [2.45, 2.75) is 19.7 Å². The normalized spacial score (nSPS) is 11.1. The number of hydrogen-bond donors (Lipinski definition) is 2. The molecule has 1 aromatic heterocycles. The van der Waals surface area contributed by atoms with Crippen LogP contribution in [0.3, 0.4) is 0 Å². The first-order valence-electron chi connectivity index (χ1n) is 7.69. The maximum absolute atomic E-state index is 12.5. The maximum atomic E-state index is 12.5. The lowest BCUT2D eigenvalue weighted by atomic mass is 10.2. The highest BCUT2D eigenvalue weighted by Gasteiger charge is 2.11. The molecule has 0 saturated carbocycles. The molecule has 1 aromatic carbocycles. The molecular weight excluding hydrogens is 457 g/mol. The molecule has 0 radical (unpaired) electrons. The molecule has 26 heavy (non-hydrogen) atoms. The van der Waals surface area contributed by atoms with E-state index in [1.54, 1.807) is 19.2 Å². The molecule has 0 bridgehead atoms. The van der Waals surface area contributed by atoms with Crippen molar-refractivity contribution in [2.75, 3.05) is 14.2 Å². The summed E-state index contributed by atoms with van der Waals surface area (Å²) in [6.07, 6.45) is 3.95. The Balaban J connectivity index is 0.00000338. The van der Waals surface area contributed by atoms with Gasteiger partial charge in [0.1, 0.15) is 11.5 Å². The summed E-state index contributed by atoms with van der Waals surface area (Å²) in [5.74, 6) is 1.21. The van der Waals surface area contributed by atoms with Crippen LogP contribution in [0.4, 0.5) is 8.78 Å². The number of nitrogens with one attached hydrogen (secondary N) is 2. The smallest absolute Gasteiger partial charge is 0.387 e. The summed E-state index contributed by atoms with van der Waals surface area (Å²) >= 11 is 0. The molecule has 9 heteroatoms. The third-order valence-electron chi connectivity index (χ3n) is 3.51. The van der Waals surface area contributed by atoms with Crippen LogP contribution in [0, 0.1) is 0 Å². The van der Waals surface area contributed by atoms with Crippen molar-refractivity contribution in [1.82, 2.24) is 15.2 Å². The SMILES string of the molecule is CN=C(NCc1ccn(C)c1)NCc1cc(OC)ccc1OC(F)F.I. The van der Waals surface area contributed by atoms with Crippen LogP contribution in [-0.4, -0.2) is 31.3 Å². The number of methoxy groups -OCH3 is 1. The molecule has 2 rings (SSSR count). The quantitative estimate of drug-likeness (QED) is 0.364. The Morgan fingerprint density at radius 2 is 1.96 bits per heavy atom. The third-order valence-corrected chi connectivity index (χ3v) is 3.51. The highest BCUT2D eigenvalue weighted by molar-refractivity contribution is 14.0. The predicted octanol–water partition coefficient (Wildman–Crippen LogP) is 3.12. The van der Waals surface area contributed by atoms with Crippen molar-refractivity contribution in [3.63, 3.8) is 0 Å². The monoisotopic (exact) mass is 480 g/mol. The first-order valence-corrected chi connectivity index (χ1v) is 7.69. The summed E-state index contributed by atoms with van der Waals surface area (Å²) in [5.41, 5.74) is 1.65. The van der Waals surface area contributed by atoms with Gasteiger partial charge in [-0.25, -0.2) is 0 Å². The Hall–Kier alpha value is -2.04. The summed E-state index contributed by atoms with van der Waals surface area (Å²) in [7, 11) is 5.10. The van der Waals surface area contributed by atoms with Gasteiger partial charge >= 0.3 is 6.61 Å². The van der Waals surface area contributed by atoms with E-state index in [1.165, 1.54) is 13.2 Å². The van der Waals surface area contributed by atoms with Crippen molar-refractivity contribution >= 4 is 29.9 Å². The van der Waals surface area contributed by atoms with Gasteiger partial charge in [0.15, 0.2) is 5.96 Å². The molecule has 0 amide bonds. The molecule has 0 fully saturated rings. The number of guanidine groups is 1. The molecular formula is C17H23F2IN4O2. The van der Waals surface area contributed by atoms with Gasteiger partial charge in [-0.3, -0.25) is 4.99 Å². The molecule has 0 spiro atoms. The highest BCUT2D eigenvalue weighted by atomic mass is 127. The van der Waals surface area contributed by atoms with Gasteiger partial charge in [-0.1, -0.05) is 0 Å². The van der Waals surface area contributed by atoms with E-state index in [1.807, 2.05) is 30.1 Å². The predicted molar refractivity (Wildman–Crippen MR) is 107 cm³/mol. The van der Waals surface area contributed by atoms with E-state index in [0.717, 1.165) is 5.56 Å². The van der Waals surface area contributed by atoms with Crippen LogP contribution in [0.2, 0.25) is 0 Å². The molecule has 6 nitrogen and oxygen atoms in total. The zero-order valence-corrected chi connectivity index (χ0v) is 17.2. The second-order valence-corrected chi connectivity index (χ2v) is 5.32. The lowest BCUT2D eigenvalue weighted by Gasteiger charge is -2.15. The van der Waals surface area contributed by atoms with Gasteiger partial charge in [-0.2, -0.15) is 8.78 Å². The van der Waals surface area contributed by atoms with Crippen molar-refractivity contribution in [3.8, 4) is 11.5 Å². The van der Waals surface area contributed by atoms with Crippen LogP contribution < -0.4 is 20.1 Å². The third kappa shape index (κ3) is 6.70. The fraction of sp³-hybridized carbons (Fsp3) is 0.353. The minimum Gasteiger partial charge on any atom is -0.497 e. The first-order chi connectivity index (χ1) is 12.0. The number of hydrogen-bond acceptors (Lipinski definition) is 3. The molecule has 1 heterocycles. The molecule has 0 saturated heterocycles. The number of alkyl halides is 2. The number of ether oxygens (including phenoxy) is 2. The lowest BCUT2D eigenvalue weighted by molar-refractivity contribution is -0.0504. The Kier molecular flexibility index (Phi) is 9.17. The molecule has 0 unspecified atom stereocenters. The Morgan fingerprint density at radius 1 is 1.23 bits per heavy atom. The number of aryl methyl sites for hydroxylation is 1. The summed E-state index contributed by atoms with van der Waals surface area (Å²) < 4.78 is 36.7. The fourth-order valence-electron chi connectivity index (χ4n) is 2.28. The zero-order chi connectivity index (χ0) is 18.2. The second-order valence-electron chi connectivity index (χ2n) is 5.32. The second kappa shape index (κ2) is 10.8. The van der Waals surface area contributed by atoms with Crippen LogP contribution in [0.1, 0.15) is 11.1 Å². The summed E-state index contributed by atoms with van der Waals surface area (Å²) in [6.45, 7) is -2.03. The van der Waals surface area contributed by atoms with E-state index in [0.29, 0.717) is 23.8 Å². The van der Waals surface area contributed by atoms with Gasteiger partial charge in [-0.05, 0) is 29.8 Å². The van der Waals surface area contributed by atoms with Crippen LogP contribution in [0.25, 0.3) is 0 Å². The molecule has 0 aliphatic carbocycles. The molecule has 144 valence electrons. The first kappa shape index (κ1) is 22.0. The zero-order valence-electron chi connectivity index (χ0n) is 14.8. The van der Waals surface area contributed by atoms with E-state index in [2.05, 4.69) is 20.4 Å². The molecule has 2 N–H and O–H groups in total. The van der Waals surface area contributed by atoms with E-state index >= 15 is 0 Å². The Bertz CT molecular complexity index is 723. The van der Waals surface area contributed by atoms with Crippen molar-refractivity contribution < 1.29 is 18.3 Å². The van der Waals surface area contributed by atoms with Gasteiger partial charge < -0.3 is 24.7 Å². The lowest BCUT2D eigenvalue weighted by Crippen LogP contribution is -2.36. The van der Waals surface area contributed by atoms with Crippen LogP contribution in [-0.2, 0) is 20.1 Å². The van der Waals surface area contributed by atoms with Crippen molar-refractivity contribution in [1.29, 1.82) is 0 Å². The topological polar surface area (TPSA) is 59.8 Å². The minimum atomic E-state index is -2.89. The van der Waals surface area contributed by atoms with E-state index in [9.17, 15) is 8.78 Å². The number of aromatic nitrogens is 1. The molecule has 0 atom stereocenters. The maximum Gasteiger partial charge on any atom is 0.387 e.